The van der Waals surface area contributed by atoms with Gasteiger partial charge in [0.15, 0.2) is 0 Å². The highest BCUT2D eigenvalue weighted by atomic mass is 32.2. The highest BCUT2D eigenvalue weighted by molar-refractivity contribution is 7.89. The molecular formula is C18H19N5O4S. The molecule has 0 radical (unpaired) electrons. The standard InChI is InChI=1S/C18H19N5O4S/c1-2-28(26,27)19-11-12-7-9-13(10-8-12)16(24)22-23-18-20-15-6-4-3-5-14(15)17(25)21-18/h3-10,19H,2,11H2,1H3,(H,22,24)(H2,20,21,23,25). The van der Waals surface area contributed by atoms with Crippen LogP contribution in [0.5, 0.6) is 0 Å². The fraction of sp³-hybridized carbons (Fsp3) is 0.167. The van der Waals surface area contributed by atoms with E-state index in [-0.39, 0.29) is 23.8 Å². The summed E-state index contributed by atoms with van der Waals surface area (Å²) < 4.78 is 25.4. The van der Waals surface area contributed by atoms with Crippen molar-refractivity contribution in [3.63, 3.8) is 0 Å². The molecular weight excluding hydrogens is 382 g/mol. The number of amides is 1. The van der Waals surface area contributed by atoms with Gasteiger partial charge in [0.25, 0.3) is 11.5 Å². The van der Waals surface area contributed by atoms with Crippen molar-refractivity contribution < 1.29 is 13.2 Å². The van der Waals surface area contributed by atoms with Crippen molar-refractivity contribution in [2.24, 2.45) is 0 Å². The quantitative estimate of drug-likeness (QED) is 0.439. The van der Waals surface area contributed by atoms with Crippen molar-refractivity contribution in [3.8, 4) is 0 Å². The molecule has 28 heavy (non-hydrogen) atoms. The van der Waals surface area contributed by atoms with Gasteiger partial charge in [-0.3, -0.25) is 25.4 Å². The average Bonchev–Trinajstić information content (AvgIpc) is 2.71. The molecule has 0 unspecified atom stereocenters. The molecule has 0 aliphatic heterocycles. The Morgan fingerprint density at radius 2 is 1.82 bits per heavy atom. The maximum atomic E-state index is 12.2. The monoisotopic (exact) mass is 401 g/mol. The molecule has 1 aromatic heterocycles. The molecule has 4 N–H and O–H groups in total. The smallest absolute Gasteiger partial charge is 0.269 e. The van der Waals surface area contributed by atoms with Crippen LogP contribution in [0.4, 0.5) is 5.95 Å². The molecule has 1 amide bonds. The molecule has 3 rings (SSSR count). The number of nitrogens with one attached hydrogen (secondary N) is 4. The first kappa shape index (κ1) is 19.5. The number of H-pyrrole nitrogens is 1. The molecule has 0 saturated carbocycles. The van der Waals surface area contributed by atoms with Crippen molar-refractivity contribution in [3.05, 3.63) is 70.0 Å². The number of para-hydroxylation sites is 1. The van der Waals surface area contributed by atoms with E-state index in [2.05, 4.69) is 25.5 Å². The van der Waals surface area contributed by atoms with Crippen LogP contribution in [-0.2, 0) is 16.6 Å². The van der Waals surface area contributed by atoms with E-state index in [0.29, 0.717) is 16.5 Å². The maximum absolute atomic E-state index is 12.2. The predicted molar refractivity (Wildman–Crippen MR) is 106 cm³/mol. The first-order valence-corrected chi connectivity index (χ1v) is 10.1. The van der Waals surface area contributed by atoms with E-state index in [1.54, 1.807) is 55.5 Å². The molecule has 0 saturated heterocycles. The maximum Gasteiger partial charge on any atom is 0.269 e. The first-order chi connectivity index (χ1) is 13.4. The zero-order chi connectivity index (χ0) is 20.1. The van der Waals surface area contributed by atoms with Crippen LogP contribution in [0, 0.1) is 0 Å². The number of benzene rings is 2. The number of hydrazine groups is 1. The fourth-order valence-corrected chi connectivity index (χ4v) is 2.99. The number of aromatic amines is 1. The molecule has 1 heterocycles. The Labute approximate surface area is 161 Å². The van der Waals surface area contributed by atoms with Crippen LogP contribution in [0.3, 0.4) is 0 Å². The van der Waals surface area contributed by atoms with Crippen molar-refractivity contribution in [2.75, 3.05) is 11.2 Å². The van der Waals surface area contributed by atoms with Gasteiger partial charge < -0.3 is 0 Å². The number of rotatable bonds is 7. The number of hydrogen-bond donors (Lipinski definition) is 4. The lowest BCUT2D eigenvalue weighted by Crippen LogP contribution is -2.31. The minimum Gasteiger partial charge on any atom is -0.291 e. The Morgan fingerprint density at radius 1 is 1.11 bits per heavy atom. The van der Waals surface area contributed by atoms with Crippen molar-refractivity contribution in [2.45, 2.75) is 13.5 Å². The second-order valence-electron chi connectivity index (χ2n) is 5.93. The summed E-state index contributed by atoms with van der Waals surface area (Å²) in [4.78, 5) is 31.0. The summed E-state index contributed by atoms with van der Waals surface area (Å²) >= 11 is 0. The Morgan fingerprint density at radius 3 is 2.54 bits per heavy atom. The first-order valence-electron chi connectivity index (χ1n) is 8.49. The fourth-order valence-electron chi connectivity index (χ4n) is 2.40. The molecule has 2 aromatic carbocycles. The van der Waals surface area contributed by atoms with E-state index in [1.807, 2.05) is 0 Å². The molecule has 0 spiro atoms. The van der Waals surface area contributed by atoms with Crippen molar-refractivity contribution >= 4 is 32.8 Å². The Kier molecular flexibility index (Phi) is 5.71. The van der Waals surface area contributed by atoms with Crippen LogP contribution in [-0.4, -0.2) is 30.0 Å². The predicted octanol–water partition coefficient (Wildman–Crippen LogP) is 1.12. The SMILES string of the molecule is CCS(=O)(=O)NCc1ccc(C(=O)NNc2nc3ccccc3c(=O)[nH]2)cc1. The number of sulfonamides is 1. The number of hydrogen-bond acceptors (Lipinski definition) is 6. The van der Waals surface area contributed by atoms with Gasteiger partial charge in [-0.2, -0.15) is 0 Å². The molecule has 0 fully saturated rings. The van der Waals surface area contributed by atoms with E-state index in [9.17, 15) is 18.0 Å². The van der Waals surface area contributed by atoms with Crippen LogP contribution in [0.25, 0.3) is 10.9 Å². The van der Waals surface area contributed by atoms with Gasteiger partial charge in [-0.25, -0.2) is 18.1 Å². The van der Waals surface area contributed by atoms with Crippen LogP contribution in [0.1, 0.15) is 22.8 Å². The summed E-state index contributed by atoms with van der Waals surface area (Å²) in [7, 11) is -3.28. The molecule has 0 aliphatic rings. The molecule has 9 nitrogen and oxygen atoms in total. The van der Waals surface area contributed by atoms with E-state index in [4.69, 9.17) is 0 Å². The lowest BCUT2D eigenvalue weighted by molar-refractivity contribution is 0.0962. The van der Waals surface area contributed by atoms with Crippen LogP contribution < -0.4 is 21.1 Å². The topological polar surface area (TPSA) is 133 Å². The van der Waals surface area contributed by atoms with Gasteiger partial charge in [-0.1, -0.05) is 24.3 Å². The van der Waals surface area contributed by atoms with Crippen molar-refractivity contribution in [1.82, 2.24) is 20.1 Å². The van der Waals surface area contributed by atoms with Gasteiger partial charge in [-0.05, 0) is 36.8 Å². The third kappa shape index (κ3) is 4.72. The molecule has 10 heteroatoms. The largest absolute Gasteiger partial charge is 0.291 e. The molecule has 3 aromatic rings. The lowest BCUT2D eigenvalue weighted by atomic mass is 10.1. The third-order valence-corrected chi connectivity index (χ3v) is 5.34. The molecule has 0 aliphatic carbocycles. The summed E-state index contributed by atoms with van der Waals surface area (Å²) in [6.07, 6.45) is 0. The van der Waals surface area contributed by atoms with Gasteiger partial charge in [0.05, 0.1) is 16.7 Å². The summed E-state index contributed by atoms with van der Waals surface area (Å²) in [6.45, 7) is 1.71. The summed E-state index contributed by atoms with van der Waals surface area (Å²) in [6, 6.07) is 13.3. The highest BCUT2D eigenvalue weighted by Crippen LogP contribution is 2.08. The van der Waals surface area contributed by atoms with Gasteiger partial charge in [0.2, 0.25) is 16.0 Å². The zero-order valence-electron chi connectivity index (χ0n) is 15.0. The number of aromatic nitrogens is 2. The molecule has 0 atom stereocenters. The van der Waals surface area contributed by atoms with Crippen LogP contribution in [0.15, 0.2) is 53.3 Å². The highest BCUT2D eigenvalue weighted by Gasteiger charge is 2.09. The summed E-state index contributed by atoms with van der Waals surface area (Å²) in [5.74, 6) is -0.316. The third-order valence-electron chi connectivity index (χ3n) is 4.00. The van der Waals surface area contributed by atoms with E-state index >= 15 is 0 Å². The second kappa shape index (κ2) is 8.19. The van der Waals surface area contributed by atoms with E-state index in [1.165, 1.54) is 0 Å². The number of fused-ring (bicyclic) bond motifs is 1. The lowest BCUT2D eigenvalue weighted by Gasteiger charge is -2.09. The van der Waals surface area contributed by atoms with Gasteiger partial charge >= 0.3 is 0 Å². The van der Waals surface area contributed by atoms with Crippen molar-refractivity contribution in [1.29, 1.82) is 0 Å². The summed E-state index contributed by atoms with van der Waals surface area (Å²) in [5, 5.41) is 0.452. The Bertz CT molecular complexity index is 1160. The number of carbonyl (C=O) groups is 1. The number of carbonyl (C=O) groups excluding carboxylic acids is 1. The van der Waals surface area contributed by atoms with Crippen LogP contribution >= 0.6 is 0 Å². The second-order valence-corrected chi connectivity index (χ2v) is 8.03. The van der Waals surface area contributed by atoms with Gasteiger partial charge in [0.1, 0.15) is 0 Å². The van der Waals surface area contributed by atoms with Crippen LogP contribution in [0.2, 0.25) is 0 Å². The molecule has 0 bridgehead atoms. The minimum absolute atomic E-state index is 0.00403. The zero-order valence-corrected chi connectivity index (χ0v) is 15.8. The average molecular weight is 401 g/mol. The number of anilines is 1. The summed E-state index contributed by atoms with van der Waals surface area (Å²) in [5.41, 5.74) is 6.31. The van der Waals surface area contributed by atoms with Gasteiger partial charge in [-0.15, -0.1) is 0 Å². The number of nitrogens with zero attached hydrogens (tertiary/aromatic N) is 1. The molecule has 146 valence electrons. The Balaban J connectivity index is 1.63. The van der Waals surface area contributed by atoms with E-state index < -0.39 is 15.9 Å². The van der Waals surface area contributed by atoms with E-state index in [0.717, 1.165) is 5.56 Å². The Hall–Kier alpha value is -3.24. The minimum atomic E-state index is -3.28. The normalized spacial score (nSPS) is 11.3. The van der Waals surface area contributed by atoms with Gasteiger partial charge in [0, 0.05) is 12.1 Å².